The van der Waals surface area contributed by atoms with Gasteiger partial charge >= 0.3 is 0 Å². The minimum atomic E-state index is -0.0173. The summed E-state index contributed by atoms with van der Waals surface area (Å²) < 4.78 is 1.05. The van der Waals surface area contributed by atoms with E-state index in [2.05, 4.69) is 59.4 Å². The summed E-state index contributed by atoms with van der Waals surface area (Å²) in [5.41, 5.74) is 5.17. The second kappa shape index (κ2) is 9.28. The van der Waals surface area contributed by atoms with Crippen molar-refractivity contribution in [3.63, 3.8) is 0 Å². The maximum atomic E-state index is 13.3. The van der Waals surface area contributed by atoms with E-state index in [0.717, 1.165) is 52.6 Å². The molecule has 1 N–H and O–H groups in total. The number of nitriles is 1. The summed E-state index contributed by atoms with van der Waals surface area (Å²) in [7, 11) is 0. The molecule has 0 saturated heterocycles. The van der Waals surface area contributed by atoms with Crippen LogP contribution in [0.4, 0.5) is 0 Å². The molecule has 1 amide bonds. The number of rotatable bonds is 5. The Morgan fingerprint density at radius 3 is 2.74 bits per heavy atom. The van der Waals surface area contributed by atoms with Crippen LogP contribution in [0.5, 0.6) is 0 Å². The van der Waals surface area contributed by atoms with Gasteiger partial charge in [0.1, 0.15) is 0 Å². The summed E-state index contributed by atoms with van der Waals surface area (Å²) in [4.78, 5) is 15.2. The fourth-order valence-corrected chi connectivity index (χ4v) is 5.08. The second-order valence-corrected chi connectivity index (χ2v) is 9.75. The number of nitrogens with one attached hydrogen (secondary N) is 1. The zero-order valence-electron chi connectivity index (χ0n) is 18.1. The molecule has 0 spiro atoms. The molecule has 1 heterocycles. The number of nitrogens with zero attached hydrogens (tertiary/aromatic N) is 2. The molecule has 1 aliphatic heterocycles. The smallest absolute Gasteiger partial charge is 0.253 e. The third kappa shape index (κ3) is 4.85. The number of hydrogen-bond acceptors (Lipinski definition) is 3. The topological polar surface area (TPSA) is 56.1 Å². The van der Waals surface area contributed by atoms with Gasteiger partial charge in [-0.25, -0.2) is 0 Å². The van der Waals surface area contributed by atoms with E-state index >= 15 is 0 Å². The molecule has 0 aromatic heterocycles. The highest BCUT2D eigenvalue weighted by Crippen LogP contribution is 2.37. The number of halogens is 1. The molecule has 0 bridgehead atoms. The Morgan fingerprint density at radius 2 is 2.00 bits per heavy atom. The molecular weight excluding hydrogens is 450 g/mol. The molecule has 5 heteroatoms. The van der Waals surface area contributed by atoms with Gasteiger partial charge in [0, 0.05) is 22.3 Å². The molecule has 2 aromatic carbocycles. The van der Waals surface area contributed by atoms with E-state index in [1.54, 1.807) is 0 Å². The second-order valence-electron chi connectivity index (χ2n) is 8.83. The number of allylic oxidation sites excluding steroid dienone is 1. The highest BCUT2D eigenvalue weighted by atomic mass is 79.9. The normalized spacial score (nSPS) is 21.9. The molecule has 0 radical (unpaired) electrons. The summed E-state index contributed by atoms with van der Waals surface area (Å²) in [6, 6.07) is 18.3. The molecule has 160 valence electrons. The van der Waals surface area contributed by atoms with E-state index in [0.29, 0.717) is 18.4 Å². The predicted molar refractivity (Wildman–Crippen MR) is 126 cm³/mol. The van der Waals surface area contributed by atoms with Gasteiger partial charge in [0.2, 0.25) is 0 Å². The van der Waals surface area contributed by atoms with Gasteiger partial charge < -0.3 is 10.2 Å². The van der Waals surface area contributed by atoms with Crippen LogP contribution in [-0.2, 0) is 17.8 Å². The standard InChI is InChI=1S/C26H28BrN3O/c1-17(12-20-4-3-5-21(13-20)15-28)22-8-11-24-25(14-22)29-18(2)30(26(24)31)16-19-6-9-23(27)10-7-19/h3-7,9-10,13,17-18,22,29H,8,11-12,14,16H2,1-2H3. The van der Waals surface area contributed by atoms with Gasteiger partial charge in [-0.1, -0.05) is 47.1 Å². The molecule has 1 aliphatic carbocycles. The quantitative estimate of drug-likeness (QED) is 0.615. The van der Waals surface area contributed by atoms with Crippen LogP contribution >= 0.6 is 15.9 Å². The van der Waals surface area contributed by atoms with Crippen LogP contribution in [0.2, 0.25) is 0 Å². The Bertz CT molecular complexity index is 1040. The predicted octanol–water partition coefficient (Wildman–Crippen LogP) is 5.53. The minimum Gasteiger partial charge on any atom is -0.368 e. The van der Waals surface area contributed by atoms with Crippen LogP contribution in [0.25, 0.3) is 0 Å². The highest BCUT2D eigenvalue weighted by Gasteiger charge is 2.36. The lowest BCUT2D eigenvalue weighted by molar-refractivity contribution is -0.132. The van der Waals surface area contributed by atoms with Crippen molar-refractivity contribution < 1.29 is 4.79 Å². The highest BCUT2D eigenvalue weighted by molar-refractivity contribution is 9.10. The van der Waals surface area contributed by atoms with Crippen molar-refractivity contribution in [3.8, 4) is 6.07 Å². The third-order valence-corrected chi connectivity index (χ3v) is 7.18. The van der Waals surface area contributed by atoms with Crippen LogP contribution in [0.1, 0.15) is 49.8 Å². The van der Waals surface area contributed by atoms with Crippen LogP contribution < -0.4 is 5.32 Å². The summed E-state index contributed by atoms with van der Waals surface area (Å²) in [6.07, 6.45) is 3.74. The number of amides is 1. The summed E-state index contributed by atoms with van der Waals surface area (Å²) in [5, 5.41) is 12.8. The number of benzene rings is 2. The van der Waals surface area contributed by atoms with Gasteiger partial charge in [-0.05, 0) is 79.8 Å². The van der Waals surface area contributed by atoms with Crippen LogP contribution in [0, 0.1) is 23.2 Å². The van der Waals surface area contributed by atoms with Gasteiger partial charge in [0.05, 0.1) is 17.8 Å². The maximum absolute atomic E-state index is 13.3. The molecular formula is C26H28BrN3O. The van der Waals surface area contributed by atoms with E-state index in [1.807, 2.05) is 35.2 Å². The number of hydrogen-bond donors (Lipinski definition) is 1. The lowest BCUT2D eigenvalue weighted by Crippen LogP contribution is -2.52. The van der Waals surface area contributed by atoms with Crippen molar-refractivity contribution in [1.82, 2.24) is 10.2 Å². The van der Waals surface area contributed by atoms with E-state index in [1.165, 1.54) is 5.56 Å². The SMILES string of the molecule is CC(Cc1cccc(C#N)c1)C1CCC2=C(C1)NC(C)N(Cc1ccc(Br)cc1)C2=O. The van der Waals surface area contributed by atoms with Crippen LogP contribution in [-0.4, -0.2) is 17.0 Å². The lowest BCUT2D eigenvalue weighted by Gasteiger charge is -2.41. The summed E-state index contributed by atoms with van der Waals surface area (Å²) >= 11 is 3.47. The largest absolute Gasteiger partial charge is 0.368 e. The fourth-order valence-electron chi connectivity index (χ4n) is 4.82. The fraction of sp³-hybridized carbons (Fsp3) is 0.385. The van der Waals surface area contributed by atoms with Gasteiger partial charge in [0.15, 0.2) is 0 Å². The van der Waals surface area contributed by atoms with Crippen molar-refractivity contribution in [1.29, 1.82) is 5.26 Å². The Balaban J connectivity index is 1.44. The molecule has 4 nitrogen and oxygen atoms in total. The molecule has 0 fully saturated rings. The van der Waals surface area contributed by atoms with Crippen molar-refractivity contribution in [3.05, 3.63) is 81.0 Å². The first-order valence-corrected chi connectivity index (χ1v) is 11.8. The molecule has 31 heavy (non-hydrogen) atoms. The summed E-state index contributed by atoms with van der Waals surface area (Å²) in [6.45, 7) is 4.98. The van der Waals surface area contributed by atoms with Crippen molar-refractivity contribution in [2.24, 2.45) is 11.8 Å². The zero-order chi connectivity index (χ0) is 22.0. The van der Waals surface area contributed by atoms with Gasteiger partial charge in [-0.3, -0.25) is 4.79 Å². The van der Waals surface area contributed by atoms with E-state index < -0.39 is 0 Å². The van der Waals surface area contributed by atoms with Crippen molar-refractivity contribution in [2.45, 2.75) is 52.2 Å². The van der Waals surface area contributed by atoms with E-state index in [9.17, 15) is 4.79 Å². The molecule has 2 aromatic rings. The molecule has 3 atom stereocenters. The molecule has 4 rings (SSSR count). The van der Waals surface area contributed by atoms with E-state index in [4.69, 9.17) is 5.26 Å². The first-order chi connectivity index (χ1) is 14.9. The van der Waals surface area contributed by atoms with E-state index in [-0.39, 0.29) is 12.1 Å². The Kier molecular flexibility index (Phi) is 6.48. The third-order valence-electron chi connectivity index (χ3n) is 6.65. The van der Waals surface area contributed by atoms with Gasteiger partial charge in [-0.2, -0.15) is 5.26 Å². The Hall–Kier alpha value is -2.58. The van der Waals surface area contributed by atoms with Crippen molar-refractivity contribution >= 4 is 21.8 Å². The zero-order valence-corrected chi connectivity index (χ0v) is 19.7. The molecule has 0 saturated carbocycles. The first-order valence-electron chi connectivity index (χ1n) is 11.0. The monoisotopic (exact) mass is 477 g/mol. The number of carbonyl (C=O) groups excluding carboxylic acids is 1. The average Bonchev–Trinajstić information content (AvgIpc) is 2.77. The van der Waals surface area contributed by atoms with Gasteiger partial charge in [0.25, 0.3) is 5.91 Å². The Labute approximate surface area is 193 Å². The Morgan fingerprint density at radius 1 is 1.23 bits per heavy atom. The first kappa shape index (κ1) is 21.6. The molecule has 3 unspecified atom stereocenters. The summed E-state index contributed by atoms with van der Waals surface area (Å²) in [5.74, 6) is 1.21. The van der Waals surface area contributed by atoms with Crippen molar-refractivity contribution in [2.75, 3.05) is 0 Å². The van der Waals surface area contributed by atoms with Crippen LogP contribution in [0.15, 0.2) is 64.3 Å². The molecule has 2 aliphatic rings. The lowest BCUT2D eigenvalue weighted by atomic mass is 9.76. The minimum absolute atomic E-state index is 0.0173. The van der Waals surface area contributed by atoms with Crippen LogP contribution in [0.3, 0.4) is 0 Å². The average molecular weight is 478 g/mol. The number of carbonyl (C=O) groups is 1. The maximum Gasteiger partial charge on any atom is 0.253 e. The van der Waals surface area contributed by atoms with Gasteiger partial charge in [-0.15, -0.1) is 0 Å².